The van der Waals surface area contributed by atoms with Gasteiger partial charge in [0.25, 0.3) is 0 Å². The zero-order valence-electron chi connectivity index (χ0n) is 12.7. The van der Waals surface area contributed by atoms with Crippen molar-refractivity contribution >= 4 is 40.2 Å². The molecule has 0 unspecified atom stereocenters. The summed E-state index contributed by atoms with van der Waals surface area (Å²) < 4.78 is 0. The van der Waals surface area contributed by atoms with E-state index in [0.29, 0.717) is 18.0 Å². The van der Waals surface area contributed by atoms with Crippen LogP contribution in [0.2, 0.25) is 5.02 Å². The number of aromatic nitrogens is 1. The molecule has 0 aliphatic rings. The third kappa shape index (κ3) is 3.89. The topological polar surface area (TPSA) is 44.9 Å². The minimum absolute atomic E-state index is 0.00907. The SMILES string of the molecule is CSc1ccc(CNC(=O)Cc2c[nH]c3cc(Cl)ccc23)cc1. The molecule has 2 N–H and O–H groups in total. The molecule has 1 amide bonds. The van der Waals surface area contributed by atoms with Crippen LogP contribution in [0.15, 0.2) is 53.6 Å². The Morgan fingerprint density at radius 3 is 2.74 bits per heavy atom. The Morgan fingerprint density at radius 1 is 1.22 bits per heavy atom. The second-order valence-electron chi connectivity index (χ2n) is 5.31. The first-order valence-corrected chi connectivity index (χ1v) is 8.91. The lowest BCUT2D eigenvalue weighted by Crippen LogP contribution is -2.24. The van der Waals surface area contributed by atoms with E-state index in [1.807, 2.05) is 42.8 Å². The highest BCUT2D eigenvalue weighted by molar-refractivity contribution is 7.98. The van der Waals surface area contributed by atoms with Gasteiger partial charge in [-0.3, -0.25) is 4.79 Å². The molecule has 0 spiro atoms. The monoisotopic (exact) mass is 344 g/mol. The minimum Gasteiger partial charge on any atom is -0.361 e. The number of aromatic amines is 1. The number of H-pyrrole nitrogens is 1. The molecule has 3 rings (SSSR count). The average molecular weight is 345 g/mol. The van der Waals surface area contributed by atoms with Gasteiger partial charge < -0.3 is 10.3 Å². The standard InChI is InChI=1S/C18H17ClN2OS/c1-23-15-5-2-12(3-6-15)10-21-18(22)8-13-11-20-17-9-14(19)4-7-16(13)17/h2-7,9,11,20H,8,10H2,1H3,(H,21,22). The van der Waals surface area contributed by atoms with Gasteiger partial charge in [0.1, 0.15) is 0 Å². The Kier molecular flexibility index (Phi) is 4.94. The van der Waals surface area contributed by atoms with Crippen molar-refractivity contribution in [2.75, 3.05) is 6.26 Å². The summed E-state index contributed by atoms with van der Waals surface area (Å²) >= 11 is 7.68. The van der Waals surface area contributed by atoms with Crippen LogP contribution in [-0.4, -0.2) is 17.1 Å². The van der Waals surface area contributed by atoms with Crippen LogP contribution in [0.4, 0.5) is 0 Å². The second kappa shape index (κ2) is 7.11. The smallest absolute Gasteiger partial charge is 0.224 e. The fourth-order valence-corrected chi connectivity index (χ4v) is 3.06. The molecule has 0 aliphatic heterocycles. The molecule has 3 nitrogen and oxygen atoms in total. The van der Waals surface area contributed by atoms with Gasteiger partial charge in [-0.25, -0.2) is 0 Å². The van der Waals surface area contributed by atoms with Crippen LogP contribution < -0.4 is 5.32 Å². The fourth-order valence-electron chi connectivity index (χ4n) is 2.48. The van der Waals surface area contributed by atoms with Crippen molar-refractivity contribution in [3.8, 4) is 0 Å². The molecule has 23 heavy (non-hydrogen) atoms. The summed E-state index contributed by atoms with van der Waals surface area (Å²) in [6.45, 7) is 0.543. The molecule has 0 saturated carbocycles. The summed E-state index contributed by atoms with van der Waals surface area (Å²) in [7, 11) is 0. The number of hydrogen-bond acceptors (Lipinski definition) is 2. The Labute approximate surface area is 144 Å². The molecule has 2 aromatic carbocycles. The first kappa shape index (κ1) is 16.0. The van der Waals surface area contributed by atoms with Crippen molar-refractivity contribution in [3.05, 3.63) is 64.8 Å². The normalized spacial score (nSPS) is 10.9. The number of fused-ring (bicyclic) bond motifs is 1. The number of carbonyl (C=O) groups is 1. The van der Waals surface area contributed by atoms with Gasteiger partial charge >= 0.3 is 0 Å². The highest BCUT2D eigenvalue weighted by Gasteiger charge is 2.09. The number of carbonyl (C=O) groups excluding carboxylic acids is 1. The molecule has 5 heteroatoms. The van der Waals surface area contributed by atoms with Crippen molar-refractivity contribution in [3.63, 3.8) is 0 Å². The second-order valence-corrected chi connectivity index (χ2v) is 6.62. The molecule has 1 aromatic heterocycles. The van der Waals surface area contributed by atoms with Gasteiger partial charge in [-0.15, -0.1) is 11.8 Å². The predicted octanol–water partition coefficient (Wildman–Crippen LogP) is 4.40. The Balaban J connectivity index is 1.62. The van der Waals surface area contributed by atoms with E-state index in [0.717, 1.165) is 22.0 Å². The average Bonchev–Trinajstić information content (AvgIpc) is 2.95. The van der Waals surface area contributed by atoms with Crippen molar-refractivity contribution in [1.29, 1.82) is 0 Å². The number of rotatable bonds is 5. The van der Waals surface area contributed by atoms with Gasteiger partial charge in [0, 0.05) is 33.6 Å². The number of halogens is 1. The van der Waals surface area contributed by atoms with Gasteiger partial charge in [-0.1, -0.05) is 29.8 Å². The summed E-state index contributed by atoms with van der Waals surface area (Å²) in [5.41, 5.74) is 3.03. The van der Waals surface area contributed by atoms with Crippen molar-refractivity contribution in [2.24, 2.45) is 0 Å². The van der Waals surface area contributed by atoms with Gasteiger partial charge in [0.05, 0.1) is 6.42 Å². The van der Waals surface area contributed by atoms with Gasteiger partial charge in [-0.2, -0.15) is 0 Å². The number of hydrogen-bond donors (Lipinski definition) is 2. The van der Waals surface area contributed by atoms with E-state index in [4.69, 9.17) is 11.6 Å². The van der Waals surface area contributed by atoms with Gasteiger partial charge in [0.2, 0.25) is 5.91 Å². The molecular weight excluding hydrogens is 328 g/mol. The van der Waals surface area contributed by atoms with E-state index in [2.05, 4.69) is 22.4 Å². The van der Waals surface area contributed by atoms with E-state index >= 15 is 0 Å². The van der Waals surface area contributed by atoms with Gasteiger partial charge in [0.15, 0.2) is 0 Å². The van der Waals surface area contributed by atoms with E-state index in [1.165, 1.54) is 4.90 Å². The Morgan fingerprint density at radius 2 is 2.00 bits per heavy atom. The van der Waals surface area contributed by atoms with E-state index < -0.39 is 0 Å². The van der Waals surface area contributed by atoms with Crippen LogP contribution in [0, 0.1) is 0 Å². The lowest BCUT2D eigenvalue weighted by atomic mass is 10.1. The van der Waals surface area contributed by atoms with E-state index in [-0.39, 0.29) is 5.91 Å². The van der Waals surface area contributed by atoms with Crippen LogP contribution in [0.5, 0.6) is 0 Å². The zero-order valence-corrected chi connectivity index (χ0v) is 14.3. The maximum Gasteiger partial charge on any atom is 0.224 e. The highest BCUT2D eigenvalue weighted by Crippen LogP contribution is 2.22. The summed E-state index contributed by atoms with van der Waals surface area (Å²) in [4.78, 5) is 16.5. The summed E-state index contributed by atoms with van der Waals surface area (Å²) in [5.74, 6) is 0.00907. The lowest BCUT2D eigenvalue weighted by Gasteiger charge is -2.06. The van der Waals surface area contributed by atoms with Crippen LogP contribution in [-0.2, 0) is 17.8 Å². The zero-order chi connectivity index (χ0) is 16.2. The molecule has 0 atom stereocenters. The third-order valence-corrected chi connectivity index (χ3v) is 4.71. The third-order valence-electron chi connectivity index (χ3n) is 3.73. The lowest BCUT2D eigenvalue weighted by molar-refractivity contribution is -0.120. The van der Waals surface area contributed by atoms with E-state index in [1.54, 1.807) is 11.8 Å². The van der Waals surface area contributed by atoms with Crippen LogP contribution in [0.3, 0.4) is 0 Å². The quantitative estimate of drug-likeness (QED) is 0.674. The van der Waals surface area contributed by atoms with Gasteiger partial charge in [-0.05, 0) is 41.6 Å². The fraction of sp³-hybridized carbons (Fsp3) is 0.167. The summed E-state index contributed by atoms with van der Waals surface area (Å²) in [5, 5.41) is 4.69. The molecule has 3 aromatic rings. The molecule has 0 fully saturated rings. The van der Waals surface area contributed by atoms with Crippen LogP contribution >= 0.6 is 23.4 Å². The molecule has 0 saturated heterocycles. The van der Waals surface area contributed by atoms with E-state index in [9.17, 15) is 4.79 Å². The van der Waals surface area contributed by atoms with Crippen molar-refractivity contribution in [1.82, 2.24) is 10.3 Å². The van der Waals surface area contributed by atoms with Crippen molar-refractivity contribution in [2.45, 2.75) is 17.9 Å². The highest BCUT2D eigenvalue weighted by atomic mass is 35.5. The predicted molar refractivity (Wildman–Crippen MR) is 97.1 cm³/mol. The number of thioether (sulfide) groups is 1. The molecular formula is C18H17ClN2OS. The van der Waals surface area contributed by atoms with Crippen LogP contribution in [0.25, 0.3) is 10.9 Å². The summed E-state index contributed by atoms with van der Waals surface area (Å²) in [6, 6.07) is 13.9. The molecule has 118 valence electrons. The summed E-state index contributed by atoms with van der Waals surface area (Å²) in [6.07, 6.45) is 4.27. The molecule has 0 bridgehead atoms. The first-order chi connectivity index (χ1) is 11.2. The Hall–Kier alpha value is -1.91. The van der Waals surface area contributed by atoms with Crippen molar-refractivity contribution < 1.29 is 4.79 Å². The van der Waals surface area contributed by atoms with Crippen LogP contribution in [0.1, 0.15) is 11.1 Å². The molecule has 0 aliphatic carbocycles. The first-order valence-electron chi connectivity index (χ1n) is 7.31. The minimum atomic E-state index is 0.00907. The molecule has 1 heterocycles. The maximum atomic E-state index is 12.2. The number of amides is 1. The largest absolute Gasteiger partial charge is 0.361 e. The number of benzene rings is 2. The Bertz CT molecular complexity index is 827. The maximum absolute atomic E-state index is 12.2. The number of nitrogens with one attached hydrogen (secondary N) is 2. The molecule has 0 radical (unpaired) electrons.